The monoisotopic (exact) mass is 552 g/mol. The zero-order chi connectivity index (χ0) is 29.8. The van der Waals surface area contributed by atoms with Gasteiger partial charge in [-0.15, -0.1) is 0 Å². The number of nitrogens with zero attached hydrogens (tertiary/aromatic N) is 4. The Morgan fingerprint density at radius 2 is 0.700 bits per heavy atom. The highest BCUT2D eigenvalue weighted by Gasteiger charge is 2.22. The molecule has 0 radical (unpaired) electrons. The Morgan fingerprint density at radius 1 is 0.475 bits per heavy atom. The van der Waals surface area contributed by atoms with Crippen molar-refractivity contribution in [2.45, 2.75) is 91.4 Å². The van der Waals surface area contributed by atoms with Crippen LogP contribution in [0.4, 0.5) is 0 Å². The Kier molecular flexibility index (Phi) is 10.7. The normalized spacial score (nSPS) is 19.1. The summed E-state index contributed by atoms with van der Waals surface area (Å²) in [5.74, 6) is 0.887. The van der Waals surface area contributed by atoms with Crippen LogP contribution in [0.3, 0.4) is 0 Å². The van der Waals surface area contributed by atoms with Crippen molar-refractivity contribution in [1.29, 1.82) is 0 Å². The van der Waals surface area contributed by atoms with Gasteiger partial charge in [-0.05, 0) is 89.2 Å². The predicted molar refractivity (Wildman–Crippen MR) is 168 cm³/mol. The number of phenols is 2. The standard InChI is InChI=1S/C34H56N4O2/c1-33(2,3)29-17-25-21-35(7)13-11-15-37(9)23-27-19-30(34(4,5)6)20-28(32(27)40)24-38(10)16-12-14-36(8)22-26(18-29)31(25)39/h17-20,39-40H,11-16,21-24H2,1-10H3. The van der Waals surface area contributed by atoms with Crippen LogP contribution in [0.25, 0.3) is 0 Å². The van der Waals surface area contributed by atoms with Crippen molar-refractivity contribution in [3.05, 3.63) is 57.6 Å². The topological polar surface area (TPSA) is 53.4 Å². The predicted octanol–water partition coefficient (Wildman–Crippen LogP) is 5.91. The van der Waals surface area contributed by atoms with E-state index in [-0.39, 0.29) is 10.8 Å². The van der Waals surface area contributed by atoms with Gasteiger partial charge in [0.25, 0.3) is 0 Å². The maximum Gasteiger partial charge on any atom is 0.124 e. The third-order valence-corrected chi connectivity index (χ3v) is 8.19. The van der Waals surface area contributed by atoms with E-state index in [1.54, 1.807) is 0 Å². The van der Waals surface area contributed by atoms with Gasteiger partial charge in [0.2, 0.25) is 0 Å². The van der Waals surface area contributed by atoms with Crippen molar-refractivity contribution in [3.8, 4) is 11.5 Å². The van der Waals surface area contributed by atoms with Crippen molar-refractivity contribution in [2.24, 2.45) is 0 Å². The Labute approximate surface area is 244 Å². The molecule has 0 spiro atoms. The Bertz CT molecular complexity index is 976. The van der Waals surface area contributed by atoms with Gasteiger partial charge in [0.15, 0.2) is 0 Å². The second kappa shape index (κ2) is 13.2. The van der Waals surface area contributed by atoms with Gasteiger partial charge >= 0.3 is 0 Å². The molecule has 0 atom stereocenters. The molecule has 0 saturated carbocycles. The van der Waals surface area contributed by atoms with Crippen LogP contribution in [0.5, 0.6) is 11.5 Å². The molecule has 2 aromatic rings. The molecule has 0 unspecified atom stereocenters. The van der Waals surface area contributed by atoms with Crippen LogP contribution >= 0.6 is 0 Å². The van der Waals surface area contributed by atoms with Gasteiger partial charge in [-0.1, -0.05) is 65.8 Å². The Hall–Kier alpha value is -2.12. The number of hydrogen-bond donors (Lipinski definition) is 2. The molecule has 0 saturated heterocycles. The molecule has 2 N–H and O–H groups in total. The first-order valence-corrected chi connectivity index (χ1v) is 15.0. The first-order valence-electron chi connectivity index (χ1n) is 15.0. The number of benzene rings is 2. The van der Waals surface area contributed by atoms with E-state index in [1.165, 1.54) is 11.1 Å². The molecule has 1 heterocycles. The fourth-order valence-electron chi connectivity index (χ4n) is 5.57. The molecule has 6 nitrogen and oxygen atoms in total. The van der Waals surface area contributed by atoms with Gasteiger partial charge in [-0.25, -0.2) is 0 Å². The summed E-state index contributed by atoms with van der Waals surface area (Å²) in [5.41, 5.74) is 6.62. The third-order valence-electron chi connectivity index (χ3n) is 8.19. The van der Waals surface area contributed by atoms with Crippen LogP contribution in [-0.4, -0.2) is 84.2 Å². The highest BCUT2D eigenvalue weighted by atomic mass is 16.3. The summed E-state index contributed by atoms with van der Waals surface area (Å²) in [6.07, 6.45) is 2.02. The lowest BCUT2D eigenvalue weighted by Crippen LogP contribution is -2.27. The fraction of sp³-hybridized carbons (Fsp3) is 0.647. The summed E-state index contributed by atoms with van der Waals surface area (Å²) in [5, 5.41) is 22.6. The summed E-state index contributed by atoms with van der Waals surface area (Å²) >= 11 is 0. The van der Waals surface area contributed by atoms with Crippen LogP contribution in [0, 0.1) is 0 Å². The molecular weight excluding hydrogens is 496 g/mol. The van der Waals surface area contributed by atoms with Crippen molar-refractivity contribution in [1.82, 2.24) is 19.6 Å². The summed E-state index contributed by atoms with van der Waals surface area (Å²) in [6, 6.07) is 8.80. The Morgan fingerprint density at radius 3 is 0.900 bits per heavy atom. The van der Waals surface area contributed by atoms with Crippen LogP contribution in [0.2, 0.25) is 0 Å². The second-order valence-electron chi connectivity index (χ2n) is 14.4. The fourth-order valence-corrected chi connectivity index (χ4v) is 5.57. The van der Waals surface area contributed by atoms with Crippen molar-refractivity contribution in [2.75, 3.05) is 54.4 Å². The van der Waals surface area contributed by atoms with E-state index in [0.29, 0.717) is 11.5 Å². The van der Waals surface area contributed by atoms with Gasteiger partial charge in [-0.2, -0.15) is 0 Å². The summed E-state index contributed by atoms with van der Waals surface area (Å²) < 4.78 is 0. The van der Waals surface area contributed by atoms with Gasteiger partial charge in [0, 0.05) is 48.4 Å². The minimum absolute atomic E-state index is 0.0157. The highest BCUT2D eigenvalue weighted by Crippen LogP contribution is 2.34. The van der Waals surface area contributed by atoms with E-state index in [9.17, 15) is 10.2 Å². The van der Waals surface area contributed by atoms with Gasteiger partial charge in [0.1, 0.15) is 11.5 Å². The first kappa shape index (κ1) is 32.4. The van der Waals surface area contributed by atoms with E-state index in [0.717, 1.165) is 87.5 Å². The maximum atomic E-state index is 11.3. The highest BCUT2D eigenvalue weighted by molar-refractivity contribution is 5.47. The van der Waals surface area contributed by atoms with Crippen molar-refractivity contribution in [3.63, 3.8) is 0 Å². The van der Waals surface area contributed by atoms with Gasteiger partial charge in [0.05, 0.1) is 0 Å². The molecule has 0 aliphatic carbocycles. The molecular formula is C34H56N4O2. The number of hydrogen-bond acceptors (Lipinski definition) is 6. The van der Waals surface area contributed by atoms with Crippen molar-refractivity contribution < 1.29 is 10.2 Å². The van der Waals surface area contributed by atoms with E-state index < -0.39 is 0 Å². The van der Waals surface area contributed by atoms with Crippen LogP contribution in [-0.2, 0) is 37.0 Å². The molecule has 2 aromatic carbocycles. The number of aromatic hydroxyl groups is 2. The zero-order valence-electron chi connectivity index (χ0n) is 27.1. The molecule has 0 fully saturated rings. The van der Waals surface area contributed by atoms with Crippen molar-refractivity contribution >= 4 is 0 Å². The third kappa shape index (κ3) is 8.94. The lowest BCUT2D eigenvalue weighted by molar-refractivity contribution is 0.258. The average Bonchev–Trinajstić information content (AvgIpc) is 2.82. The van der Waals surface area contributed by atoms with E-state index in [2.05, 4.69) is 114 Å². The molecule has 0 aromatic heterocycles. The number of phenolic OH excluding ortho intramolecular Hbond substituents is 2. The molecule has 40 heavy (non-hydrogen) atoms. The summed E-state index contributed by atoms with van der Waals surface area (Å²) in [6.45, 7) is 20.1. The quantitative estimate of drug-likeness (QED) is 0.424. The van der Waals surface area contributed by atoms with Gasteiger partial charge < -0.3 is 29.8 Å². The number of fused-ring (bicyclic) bond motifs is 4. The lowest BCUT2D eigenvalue weighted by Gasteiger charge is -2.28. The molecule has 224 valence electrons. The van der Waals surface area contributed by atoms with Crippen LogP contribution in [0.1, 0.15) is 87.8 Å². The van der Waals surface area contributed by atoms with E-state index in [1.807, 2.05) is 0 Å². The van der Waals surface area contributed by atoms with Crippen LogP contribution in [0.15, 0.2) is 24.3 Å². The second-order valence-corrected chi connectivity index (χ2v) is 14.4. The first-order chi connectivity index (χ1) is 18.5. The molecule has 1 aliphatic rings. The molecule has 1 aliphatic heterocycles. The molecule has 4 bridgehead atoms. The lowest BCUT2D eigenvalue weighted by atomic mass is 9.84. The van der Waals surface area contributed by atoms with Crippen LogP contribution < -0.4 is 0 Å². The number of rotatable bonds is 0. The molecule has 3 rings (SSSR count). The van der Waals surface area contributed by atoms with E-state index >= 15 is 0 Å². The smallest absolute Gasteiger partial charge is 0.124 e. The minimum Gasteiger partial charge on any atom is -0.507 e. The zero-order valence-corrected chi connectivity index (χ0v) is 27.1. The largest absolute Gasteiger partial charge is 0.507 e. The van der Waals surface area contributed by atoms with E-state index in [4.69, 9.17) is 0 Å². The van der Waals surface area contributed by atoms with Gasteiger partial charge in [-0.3, -0.25) is 0 Å². The summed E-state index contributed by atoms with van der Waals surface area (Å²) in [7, 11) is 8.57. The average molecular weight is 553 g/mol. The summed E-state index contributed by atoms with van der Waals surface area (Å²) in [4.78, 5) is 9.25. The maximum absolute atomic E-state index is 11.3. The Balaban J connectivity index is 1.91. The SMILES string of the molecule is CN1CCCN(C)Cc2cc(C(C)(C)C)cc(c2O)CN(C)CCCN(C)Cc2cc(C(C)(C)C)cc(c2O)C1. The minimum atomic E-state index is 0.0157. The molecule has 6 heteroatoms. The molecule has 0 amide bonds.